The first-order valence-corrected chi connectivity index (χ1v) is 5.50. The summed E-state index contributed by atoms with van der Waals surface area (Å²) in [4.78, 5) is 2.21. The quantitative estimate of drug-likeness (QED) is 0.819. The lowest BCUT2D eigenvalue weighted by Crippen LogP contribution is -2.49. The molecule has 0 heterocycles. The van der Waals surface area contributed by atoms with E-state index in [9.17, 15) is 0 Å². The van der Waals surface area contributed by atoms with E-state index < -0.39 is 0 Å². The number of likely N-dealkylation sites (N-methyl/N-ethyl adjacent to an activating group) is 1. The highest BCUT2D eigenvalue weighted by atomic mass is 15.2. The maximum Gasteiger partial charge on any atom is 0.0479 e. The lowest BCUT2D eigenvalue weighted by atomic mass is 9.84. The molecule has 0 saturated carbocycles. The van der Waals surface area contributed by atoms with Gasteiger partial charge in [-0.25, -0.2) is 0 Å². The van der Waals surface area contributed by atoms with Crippen LogP contribution in [-0.4, -0.2) is 24.5 Å². The molecule has 1 rings (SSSR count). The zero-order chi connectivity index (χ0) is 11.5. The molecule has 2 N–H and O–H groups in total. The Morgan fingerprint density at radius 1 is 1.27 bits per heavy atom. The lowest BCUT2D eigenvalue weighted by Gasteiger charge is -2.41. The van der Waals surface area contributed by atoms with Crippen LogP contribution >= 0.6 is 0 Å². The van der Waals surface area contributed by atoms with E-state index >= 15 is 0 Å². The molecule has 2 heteroatoms. The predicted molar refractivity (Wildman–Crippen MR) is 65.8 cm³/mol. The molecular weight excluding hydrogens is 184 g/mol. The first-order chi connectivity index (χ1) is 7.02. The Hall–Kier alpha value is -0.860. The topological polar surface area (TPSA) is 29.3 Å². The van der Waals surface area contributed by atoms with Gasteiger partial charge >= 0.3 is 0 Å². The number of hydrogen-bond donors (Lipinski definition) is 1. The van der Waals surface area contributed by atoms with E-state index in [1.54, 1.807) is 0 Å². The Bertz CT molecular complexity index is 295. The summed E-state index contributed by atoms with van der Waals surface area (Å²) in [6, 6.07) is 10.4. The molecule has 0 amide bonds. The number of benzene rings is 1. The Kier molecular flexibility index (Phi) is 3.89. The molecular formula is C13H22N2. The second-order valence-electron chi connectivity index (χ2n) is 4.49. The first kappa shape index (κ1) is 12.2. The Morgan fingerprint density at radius 3 is 2.20 bits per heavy atom. The van der Waals surface area contributed by atoms with Crippen molar-refractivity contribution in [2.24, 2.45) is 5.73 Å². The molecule has 0 spiro atoms. The van der Waals surface area contributed by atoms with Crippen molar-refractivity contribution in [1.29, 1.82) is 0 Å². The average molecular weight is 206 g/mol. The third kappa shape index (κ3) is 2.39. The molecule has 0 aromatic heterocycles. The second-order valence-corrected chi connectivity index (χ2v) is 4.49. The molecule has 0 aliphatic carbocycles. The molecule has 1 aromatic carbocycles. The molecule has 0 bridgehead atoms. The number of nitrogens with two attached hydrogens (primary N) is 1. The summed E-state index contributed by atoms with van der Waals surface area (Å²) in [5.41, 5.74) is 7.56. The van der Waals surface area contributed by atoms with Crippen molar-refractivity contribution in [1.82, 2.24) is 4.90 Å². The van der Waals surface area contributed by atoms with Crippen LogP contribution in [0.15, 0.2) is 30.3 Å². The van der Waals surface area contributed by atoms with Gasteiger partial charge in [0.25, 0.3) is 0 Å². The van der Waals surface area contributed by atoms with Crippen LogP contribution in [0.2, 0.25) is 0 Å². The minimum atomic E-state index is 0.0152. The normalized spacial score (nSPS) is 17.5. The van der Waals surface area contributed by atoms with Crippen LogP contribution < -0.4 is 5.73 Å². The third-order valence-electron chi connectivity index (χ3n) is 3.57. The van der Waals surface area contributed by atoms with E-state index in [4.69, 9.17) is 5.73 Å². The second kappa shape index (κ2) is 4.77. The molecule has 0 saturated heterocycles. The van der Waals surface area contributed by atoms with E-state index in [1.165, 1.54) is 5.56 Å². The van der Waals surface area contributed by atoms with Gasteiger partial charge in [-0.05, 0) is 33.0 Å². The summed E-state index contributed by atoms with van der Waals surface area (Å²) in [5, 5.41) is 0. The van der Waals surface area contributed by atoms with E-state index in [2.05, 4.69) is 45.0 Å². The fourth-order valence-corrected chi connectivity index (χ4v) is 1.83. The zero-order valence-electron chi connectivity index (χ0n) is 10.2. The van der Waals surface area contributed by atoms with E-state index in [-0.39, 0.29) is 11.6 Å². The van der Waals surface area contributed by atoms with Crippen LogP contribution in [0.4, 0.5) is 0 Å². The van der Waals surface area contributed by atoms with Gasteiger partial charge in [-0.15, -0.1) is 0 Å². The van der Waals surface area contributed by atoms with Gasteiger partial charge in [0.2, 0.25) is 0 Å². The summed E-state index contributed by atoms with van der Waals surface area (Å²) in [6.07, 6.45) is 1.04. The summed E-state index contributed by atoms with van der Waals surface area (Å²) in [6.45, 7) is 4.40. The molecule has 0 aliphatic rings. The van der Waals surface area contributed by atoms with Crippen molar-refractivity contribution < 1.29 is 0 Å². The van der Waals surface area contributed by atoms with Gasteiger partial charge in [-0.3, -0.25) is 0 Å². The molecule has 2 atom stereocenters. The van der Waals surface area contributed by atoms with Crippen molar-refractivity contribution in [3.8, 4) is 0 Å². The van der Waals surface area contributed by atoms with Crippen molar-refractivity contribution >= 4 is 0 Å². The van der Waals surface area contributed by atoms with Crippen molar-refractivity contribution in [2.75, 3.05) is 14.1 Å². The zero-order valence-corrected chi connectivity index (χ0v) is 10.2. The van der Waals surface area contributed by atoms with Crippen LogP contribution in [0.1, 0.15) is 31.9 Å². The molecule has 15 heavy (non-hydrogen) atoms. The van der Waals surface area contributed by atoms with Gasteiger partial charge in [-0.1, -0.05) is 37.3 Å². The molecule has 0 radical (unpaired) electrons. The molecule has 0 fully saturated rings. The van der Waals surface area contributed by atoms with Crippen LogP contribution in [0.25, 0.3) is 0 Å². The van der Waals surface area contributed by atoms with Gasteiger partial charge in [0.15, 0.2) is 0 Å². The van der Waals surface area contributed by atoms with Gasteiger partial charge < -0.3 is 10.6 Å². The van der Waals surface area contributed by atoms with Crippen LogP contribution in [0.3, 0.4) is 0 Å². The Morgan fingerprint density at radius 2 is 1.80 bits per heavy atom. The third-order valence-corrected chi connectivity index (χ3v) is 3.57. The monoisotopic (exact) mass is 206 g/mol. The summed E-state index contributed by atoms with van der Waals surface area (Å²) in [5.74, 6) is 0. The highest BCUT2D eigenvalue weighted by Crippen LogP contribution is 2.30. The van der Waals surface area contributed by atoms with Gasteiger partial charge in [0, 0.05) is 11.6 Å². The SMILES string of the molecule is CC[C@@](C)([C@@H](N)c1ccccc1)N(C)C. The van der Waals surface area contributed by atoms with Crippen LogP contribution in [0, 0.1) is 0 Å². The largest absolute Gasteiger partial charge is 0.322 e. The standard InChI is InChI=1S/C13H22N2/c1-5-13(2,15(3)4)12(14)11-9-7-6-8-10-11/h6-10,12H,5,14H2,1-4H3/t12-,13-/m0/s1. The van der Waals surface area contributed by atoms with Crippen LogP contribution in [0.5, 0.6) is 0 Å². The fourth-order valence-electron chi connectivity index (χ4n) is 1.83. The maximum atomic E-state index is 6.34. The van der Waals surface area contributed by atoms with E-state index in [0.717, 1.165) is 6.42 Å². The molecule has 84 valence electrons. The summed E-state index contributed by atoms with van der Waals surface area (Å²) < 4.78 is 0. The Labute approximate surface area is 93.1 Å². The van der Waals surface area contributed by atoms with E-state index in [0.29, 0.717) is 0 Å². The molecule has 0 aliphatic heterocycles. The first-order valence-electron chi connectivity index (χ1n) is 5.50. The summed E-state index contributed by atoms with van der Waals surface area (Å²) >= 11 is 0. The van der Waals surface area contributed by atoms with Crippen molar-refractivity contribution in [2.45, 2.75) is 31.8 Å². The predicted octanol–water partition coefficient (Wildman–Crippen LogP) is 2.42. The van der Waals surface area contributed by atoms with Crippen molar-refractivity contribution in [3.63, 3.8) is 0 Å². The number of rotatable bonds is 4. The minimum Gasteiger partial charge on any atom is -0.322 e. The smallest absolute Gasteiger partial charge is 0.0479 e. The Balaban J connectivity index is 2.97. The summed E-state index contributed by atoms with van der Waals surface area (Å²) in [7, 11) is 4.18. The van der Waals surface area contributed by atoms with Crippen molar-refractivity contribution in [3.05, 3.63) is 35.9 Å². The van der Waals surface area contributed by atoms with Crippen LogP contribution in [-0.2, 0) is 0 Å². The maximum absolute atomic E-state index is 6.34. The van der Waals surface area contributed by atoms with Gasteiger partial charge in [-0.2, -0.15) is 0 Å². The lowest BCUT2D eigenvalue weighted by molar-refractivity contribution is 0.132. The minimum absolute atomic E-state index is 0.0152. The highest BCUT2D eigenvalue weighted by Gasteiger charge is 2.32. The number of hydrogen-bond acceptors (Lipinski definition) is 2. The highest BCUT2D eigenvalue weighted by molar-refractivity contribution is 5.22. The number of nitrogens with zero attached hydrogens (tertiary/aromatic N) is 1. The van der Waals surface area contributed by atoms with Gasteiger partial charge in [0.1, 0.15) is 0 Å². The molecule has 2 nitrogen and oxygen atoms in total. The van der Waals surface area contributed by atoms with E-state index in [1.807, 2.05) is 18.2 Å². The van der Waals surface area contributed by atoms with Gasteiger partial charge in [0.05, 0.1) is 0 Å². The molecule has 0 unspecified atom stereocenters. The average Bonchev–Trinajstić information content (AvgIpc) is 2.28. The molecule has 1 aromatic rings. The fraction of sp³-hybridized carbons (Fsp3) is 0.538.